The zero-order chi connectivity index (χ0) is 16.8. The summed E-state index contributed by atoms with van der Waals surface area (Å²) in [5, 5.41) is 9.02. The van der Waals surface area contributed by atoms with Gasteiger partial charge in [-0.2, -0.15) is 0 Å². The lowest BCUT2D eigenvalue weighted by atomic mass is 9.85. The summed E-state index contributed by atoms with van der Waals surface area (Å²) in [6.07, 6.45) is 1.75. The van der Waals surface area contributed by atoms with Crippen molar-refractivity contribution in [2.75, 3.05) is 19.7 Å². The molecule has 1 saturated heterocycles. The van der Waals surface area contributed by atoms with Gasteiger partial charge in [0.15, 0.2) is 0 Å². The lowest BCUT2D eigenvalue weighted by Gasteiger charge is -2.31. The van der Waals surface area contributed by atoms with Crippen LogP contribution in [0, 0.1) is 11.7 Å². The number of rotatable bonds is 4. The molecule has 0 atom stereocenters. The molecule has 2 rings (SSSR count). The van der Waals surface area contributed by atoms with Crippen LogP contribution in [0.4, 0.5) is 9.18 Å². The van der Waals surface area contributed by atoms with E-state index >= 15 is 0 Å². The molecule has 1 amide bonds. The van der Waals surface area contributed by atoms with E-state index in [1.165, 1.54) is 23.1 Å². The highest BCUT2D eigenvalue weighted by Crippen LogP contribution is 2.32. The van der Waals surface area contributed by atoms with Crippen molar-refractivity contribution in [2.45, 2.75) is 19.8 Å². The van der Waals surface area contributed by atoms with E-state index in [1.807, 2.05) is 0 Å². The van der Waals surface area contributed by atoms with Crippen LogP contribution in [0.25, 0.3) is 5.57 Å². The van der Waals surface area contributed by atoms with Crippen molar-refractivity contribution in [3.05, 3.63) is 41.7 Å². The number of piperidine rings is 1. The molecule has 1 fully saturated rings. The molecule has 0 aliphatic carbocycles. The maximum atomic E-state index is 13.1. The summed E-state index contributed by atoms with van der Waals surface area (Å²) in [6, 6.07) is 5.95. The predicted molar refractivity (Wildman–Crippen MR) is 83.3 cm³/mol. The predicted octanol–water partition coefficient (Wildman–Crippen LogP) is 3.16. The van der Waals surface area contributed by atoms with Crippen molar-refractivity contribution >= 4 is 17.6 Å². The van der Waals surface area contributed by atoms with Gasteiger partial charge in [-0.25, -0.2) is 14.0 Å². The fraction of sp³-hybridized carbons (Fsp3) is 0.412. The molecule has 0 saturated carbocycles. The molecule has 1 aliphatic rings. The fourth-order valence-corrected chi connectivity index (χ4v) is 2.77. The maximum absolute atomic E-state index is 13.1. The lowest BCUT2D eigenvalue weighted by Crippen LogP contribution is -2.37. The minimum Gasteiger partial charge on any atom is -0.465 e. The van der Waals surface area contributed by atoms with E-state index in [9.17, 15) is 14.0 Å². The second kappa shape index (κ2) is 7.76. The van der Waals surface area contributed by atoms with E-state index in [2.05, 4.69) is 0 Å². The third-order valence-electron chi connectivity index (χ3n) is 3.94. The SMILES string of the molecule is CCOC(=O)/C=C(\c1ccc(F)cc1)C1CCN(C(=O)O)CC1. The Balaban J connectivity index is 2.22. The van der Waals surface area contributed by atoms with Crippen LogP contribution in [0.2, 0.25) is 0 Å². The molecule has 0 aromatic heterocycles. The van der Waals surface area contributed by atoms with Gasteiger partial charge in [-0.3, -0.25) is 0 Å². The van der Waals surface area contributed by atoms with Gasteiger partial charge in [-0.15, -0.1) is 0 Å². The van der Waals surface area contributed by atoms with Crippen molar-refractivity contribution in [3.8, 4) is 0 Å². The molecule has 0 radical (unpaired) electrons. The molecule has 23 heavy (non-hydrogen) atoms. The number of ether oxygens (including phenoxy) is 1. The van der Waals surface area contributed by atoms with Crippen molar-refractivity contribution in [2.24, 2.45) is 5.92 Å². The molecule has 1 aliphatic heterocycles. The molecule has 0 spiro atoms. The monoisotopic (exact) mass is 321 g/mol. The van der Waals surface area contributed by atoms with Crippen molar-refractivity contribution in [1.29, 1.82) is 0 Å². The molecule has 124 valence electrons. The van der Waals surface area contributed by atoms with Crippen LogP contribution in [-0.2, 0) is 9.53 Å². The smallest absolute Gasteiger partial charge is 0.407 e. The van der Waals surface area contributed by atoms with Crippen molar-refractivity contribution in [3.63, 3.8) is 0 Å². The number of carbonyl (C=O) groups is 2. The molecule has 6 heteroatoms. The van der Waals surface area contributed by atoms with Crippen molar-refractivity contribution in [1.82, 2.24) is 4.90 Å². The van der Waals surface area contributed by atoms with Gasteiger partial charge in [0.25, 0.3) is 0 Å². The molecule has 1 N–H and O–H groups in total. The van der Waals surface area contributed by atoms with E-state index < -0.39 is 12.1 Å². The number of nitrogens with zero attached hydrogens (tertiary/aromatic N) is 1. The Bertz CT molecular complexity index is 589. The summed E-state index contributed by atoms with van der Waals surface area (Å²) in [6.45, 7) is 2.85. The molecule has 1 aromatic carbocycles. The highest BCUT2D eigenvalue weighted by atomic mass is 19.1. The van der Waals surface area contributed by atoms with Crippen LogP contribution >= 0.6 is 0 Å². The van der Waals surface area contributed by atoms with Gasteiger partial charge < -0.3 is 14.7 Å². The molecule has 1 heterocycles. The number of esters is 1. The van der Waals surface area contributed by atoms with Gasteiger partial charge in [0.05, 0.1) is 6.61 Å². The number of hydrogen-bond donors (Lipinski definition) is 1. The number of amides is 1. The Kier molecular flexibility index (Phi) is 5.73. The van der Waals surface area contributed by atoms with Crippen molar-refractivity contribution < 1.29 is 23.8 Å². The van der Waals surface area contributed by atoms with Gasteiger partial charge in [0.1, 0.15) is 5.82 Å². The van der Waals surface area contributed by atoms with Gasteiger partial charge in [-0.1, -0.05) is 12.1 Å². The first-order chi connectivity index (χ1) is 11.0. The fourth-order valence-electron chi connectivity index (χ4n) is 2.77. The zero-order valence-corrected chi connectivity index (χ0v) is 13.0. The third kappa shape index (κ3) is 4.55. The molecule has 0 unspecified atom stereocenters. The molecule has 1 aromatic rings. The second-order valence-corrected chi connectivity index (χ2v) is 5.40. The highest BCUT2D eigenvalue weighted by molar-refractivity contribution is 5.92. The van der Waals surface area contributed by atoms with Gasteiger partial charge in [0, 0.05) is 19.2 Å². The van der Waals surface area contributed by atoms with Gasteiger partial charge >= 0.3 is 12.1 Å². The van der Waals surface area contributed by atoms with E-state index in [0.717, 1.165) is 11.1 Å². The minimum absolute atomic E-state index is 0.0421. The van der Waals surface area contributed by atoms with Crippen LogP contribution in [0.1, 0.15) is 25.3 Å². The quantitative estimate of drug-likeness (QED) is 0.683. The Morgan fingerprint density at radius 1 is 1.30 bits per heavy atom. The molecule has 0 bridgehead atoms. The van der Waals surface area contributed by atoms with Gasteiger partial charge in [-0.05, 0) is 49.0 Å². The average Bonchev–Trinajstić information content (AvgIpc) is 2.54. The van der Waals surface area contributed by atoms with Crippen LogP contribution in [-0.4, -0.2) is 41.8 Å². The number of allylic oxidation sites excluding steroid dienone is 1. The van der Waals surface area contributed by atoms with Crippen LogP contribution in [0.3, 0.4) is 0 Å². The van der Waals surface area contributed by atoms with E-state index in [0.29, 0.717) is 25.9 Å². The first-order valence-electron chi connectivity index (χ1n) is 7.63. The standard InChI is InChI=1S/C17H20FNO4/c1-2-23-16(20)11-15(12-3-5-14(18)6-4-12)13-7-9-19(10-8-13)17(21)22/h3-6,11,13H,2,7-10H2,1H3,(H,21,22)/b15-11+. The number of carboxylic acid groups (broad SMARTS) is 1. The minimum atomic E-state index is -0.929. The van der Waals surface area contributed by atoms with Gasteiger partial charge in [0.2, 0.25) is 0 Å². The molecular formula is C17H20FNO4. The number of carbonyl (C=O) groups excluding carboxylic acids is 1. The zero-order valence-electron chi connectivity index (χ0n) is 13.0. The largest absolute Gasteiger partial charge is 0.465 e. The summed E-state index contributed by atoms with van der Waals surface area (Å²) in [7, 11) is 0. The van der Waals surface area contributed by atoms with E-state index in [4.69, 9.17) is 9.84 Å². The normalized spacial score (nSPS) is 16.3. The van der Waals surface area contributed by atoms with Crippen LogP contribution < -0.4 is 0 Å². The maximum Gasteiger partial charge on any atom is 0.407 e. The summed E-state index contributed by atoms with van der Waals surface area (Å²) < 4.78 is 18.1. The summed E-state index contributed by atoms with van der Waals surface area (Å²) in [5.74, 6) is -0.738. The summed E-state index contributed by atoms with van der Waals surface area (Å²) in [4.78, 5) is 24.2. The summed E-state index contributed by atoms with van der Waals surface area (Å²) in [5.41, 5.74) is 1.53. The Labute approximate surface area is 134 Å². The van der Waals surface area contributed by atoms with E-state index in [1.54, 1.807) is 19.1 Å². The second-order valence-electron chi connectivity index (χ2n) is 5.40. The number of likely N-dealkylation sites (tertiary alicyclic amines) is 1. The highest BCUT2D eigenvalue weighted by Gasteiger charge is 2.26. The molecular weight excluding hydrogens is 301 g/mol. The summed E-state index contributed by atoms with van der Waals surface area (Å²) >= 11 is 0. The Hall–Kier alpha value is -2.37. The lowest BCUT2D eigenvalue weighted by molar-refractivity contribution is -0.137. The number of halogens is 1. The number of benzene rings is 1. The third-order valence-corrected chi connectivity index (χ3v) is 3.94. The van der Waals surface area contributed by atoms with Crippen LogP contribution in [0.5, 0.6) is 0 Å². The average molecular weight is 321 g/mol. The van der Waals surface area contributed by atoms with Crippen LogP contribution in [0.15, 0.2) is 30.3 Å². The topological polar surface area (TPSA) is 66.8 Å². The Morgan fingerprint density at radius 2 is 1.91 bits per heavy atom. The van der Waals surface area contributed by atoms with E-state index in [-0.39, 0.29) is 18.3 Å². The number of hydrogen-bond acceptors (Lipinski definition) is 3. The first kappa shape index (κ1) is 17.0. The molecule has 5 nitrogen and oxygen atoms in total. The Morgan fingerprint density at radius 3 is 2.43 bits per heavy atom. The first-order valence-corrected chi connectivity index (χ1v) is 7.63.